The highest BCUT2D eigenvalue weighted by molar-refractivity contribution is 9.10. The van der Waals surface area contributed by atoms with Crippen molar-refractivity contribution < 1.29 is 9.53 Å². The summed E-state index contributed by atoms with van der Waals surface area (Å²) < 4.78 is 6.05. The van der Waals surface area contributed by atoms with Gasteiger partial charge in [0.05, 0.1) is 12.5 Å². The Morgan fingerprint density at radius 3 is 2.24 bits per heavy atom. The molecule has 2 aromatic carbocycles. The lowest BCUT2D eigenvalue weighted by Crippen LogP contribution is -2.21. The van der Waals surface area contributed by atoms with Crippen LogP contribution in [0.15, 0.2) is 46.9 Å². The normalized spacial score (nSPS) is 15.6. The number of hydrogen-bond donors (Lipinski definition) is 0. The van der Waals surface area contributed by atoms with Gasteiger partial charge >= 0.3 is 5.97 Å². The summed E-state index contributed by atoms with van der Waals surface area (Å²) >= 11 is 3.52. The zero-order valence-corrected chi connectivity index (χ0v) is 13.7. The molecule has 0 aliphatic heterocycles. The first-order chi connectivity index (χ1) is 10.1. The van der Waals surface area contributed by atoms with Crippen molar-refractivity contribution in [3.05, 3.63) is 58.1 Å². The third-order valence-electron chi connectivity index (χ3n) is 4.25. The monoisotopic (exact) mass is 344 g/mol. The van der Waals surface area contributed by atoms with Gasteiger partial charge in [0.2, 0.25) is 0 Å². The lowest BCUT2D eigenvalue weighted by molar-refractivity contribution is -0.143. The van der Waals surface area contributed by atoms with Crippen LogP contribution in [0.5, 0.6) is 0 Å². The number of rotatable bonds is 3. The fraction of sp³-hybridized carbons (Fsp3) is 0.278. The molecule has 0 saturated heterocycles. The van der Waals surface area contributed by atoms with E-state index in [4.69, 9.17) is 4.74 Å². The summed E-state index contributed by atoms with van der Waals surface area (Å²) in [4.78, 5) is 11.9. The van der Waals surface area contributed by atoms with Gasteiger partial charge < -0.3 is 4.74 Å². The van der Waals surface area contributed by atoms with Crippen LogP contribution >= 0.6 is 15.9 Å². The molecule has 108 valence electrons. The second-order valence-electron chi connectivity index (χ2n) is 5.62. The highest BCUT2D eigenvalue weighted by Crippen LogP contribution is 2.49. The number of halogens is 1. The minimum atomic E-state index is -0.386. The Balaban J connectivity index is 1.91. The average Bonchev–Trinajstić information content (AvgIpc) is 3.31. The number of hydrogen-bond acceptors (Lipinski definition) is 2. The topological polar surface area (TPSA) is 26.3 Å². The third kappa shape index (κ3) is 2.51. The fourth-order valence-electron chi connectivity index (χ4n) is 2.74. The molecule has 1 fully saturated rings. The van der Waals surface area contributed by atoms with Gasteiger partial charge in [-0.05, 0) is 48.1 Å². The molecule has 0 atom stereocenters. The quantitative estimate of drug-likeness (QED) is 0.758. The minimum Gasteiger partial charge on any atom is -0.468 e. The van der Waals surface area contributed by atoms with Crippen LogP contribution in [0.4, 0.5) is 0 Å². The Hall–Kier alpha value is -1.61. The molecule has 3 heteroatoms. The van der Waals surface area contributed by atoms with Crippen LogP contribution in [-0.2, 0) is 14.9 Å². The molecule has 0 radical (unpaired) electrons. The molecule has 0 aromatic heterocycles. The van der Waals surface area contributed by atoms with Crippen molar-refractivity contribution in [2.24, 2.45) is 0 Å². The predicted octanol–water partition coefficient (Wildman–Crippen LogP) is 4.63. The maximum absolute atomic E-state index is 11.9. The van der Waals surface area contributed by atoms with E-state index in [1.165, 1.54) is 18.2 Å². The lowest BCUT2D eigenvalue weighted by atomic mass is 9.93. The van der Waals surface area contributed by atoms with E-state index < -0.39 is 0 Å². The van der Waals surface area contributed by atoms with Gasteiger partial charge in [-0.3, -0.25) is 4.79 Å². The van der Waals surface area contributed by atoms with Crippen molar-refractivity contribution >= 4 is 21.9 Å². The van der Waals surface area contributed by atoms with Crippen molar-refractivity contribution in [3.8, 4) is 11.1 Å². The number of esters is 1. The smallest absolute Gasteiger partial charge is 0.316 e. The molecule has 0 N–H and O–H groups in total. The van der Waals surface area contributed by atoms with Crippen LogP contribution in [0.25, 0.3) is 11.1 Å². The van der Waals surface area contributed by atoms with E-state index in [-0.39, 0.29) is 11.4 Å². The maximum Gasteiger partial charge on any atom is 0.316 e. The molecule has 2 nitrogen and oxygen atoms in total. The van der Waals surface area contributed by atoms with E-state index >= 15 is 0 Å². The first-order valence-electron chi connectivity index (χ1n) is 7.02. The summed E-state index contributed by atoms with van der Waals surface area (Å²) in [5.41, 5.74) is 4.24. The number of ether oxygens (including phenoxy) is 1. The Morgan fingerprint density at radius 2 is 1.71 bits per heavy atom. The molecule has 2 aromatic rings. The molecule has 21 heavy (non-hydrogen) atoms. The maximum atomic E-state index is 11.9. The summed E-state index contributed by atoms with van der Waals surface area (Å²) in [5, 5.41) is 0. The zero-order valence-electron chi connectivity index (χ0n) is 12.2. The third-order valence-corrected chi connectivity index (χ3v) is 5.14. The van der Waals surface area contributed by atoms with Gasteiger partial charge in [0, 0.05) is 4.47 Å². The van der Waals surface area contributed by atoms with E-state index in [0.717, 1.165) is 28.4 Å². The van der Waals surface area contributed by atoms with Crippen LogP contribution in [0.2, 0.25) is 0 Å². The van der Waals surface area contributed by atoms with Crippen molar-refractivity contribution in [2.75, 3.05) is 7.11 Å². The molecule has 0 spiro atoms. The molecule has 1 aliphatic rings. The van der Waals surface area contributed by atoms with Crippen LogP contribution in [0.3, 0.4) is 0 Å². The zero-order chi connectivity index (χ0) is 15.0. The lowest BCUT2D eigenvalue weighted by Gasteiger charge is -2.13. The molecular weight excluding hydrogens is 328 g/mol. The highest BCUT2D eigenvalue weighted by Gasteiger charge is 2.52. The summed E-state index contributed by atoms with van der Waals surface area (Å²) in [6, 6.07) is 14.6. The Labute approximate surface area is 133 Å². The summed E-state index contributed by atoms with van der Waals surface area (Å²) in [6.45, 7) is 2.08. The highest BCUT2D eigenvalue weighted by atomic mass is 79.9. The molecule has 1 saturated carbocycles. The number of carbonyl (C=O) groups is 1. The Morgan fingerprint density at radius 1 is 1.10 bits per heavy atom. The molecule has 0 heterocycles. The standard InChI is InChI=1S/C18H17BrO2/c1-12-11-14(5-8-16(12)19)13-3-6-15(7-4-13)18(9-10-18)17(20)21-2/h3-8,11H,9-10H2,1-2H3. The molecule has 3 rings (SSSR count). The summed E-state index contributed by atoms with van der Waals surface area (Å²) in [6.07, 6.45) is 1.77. The average molecular weight is 345 g/mol. The Bertz CT molecular complexity index is 685. The van der Waals surface area contributed by atoms with Crippen LogP contribution in [0.1, 0.15) is 24.0 Å². The second-order valence-corrected chi connectivity index (χ2v) is 6.47. The number of methoxy groups -OCH3 is 1. The van der Waals surface area contributed by atoms with Gasteiger partial charge in [-0.1, -0.05) is 52.3 Å². The fourth-order valence-corrected chi connectivity index (χ4v) is 2.98. The van der Waals surface area contributed by atoms with E-state index in [0.29, 0.717) is 0 Å². The summed E-state index contributed by atoms with van der Waals surface area (Å²) in [5.74, 6) is -0.116. The van der Waals surface area contributed by atoms with E-state index in [1.807, 2.05) is 0 Å². The molecule has 0 bridgehead atoms. The van der Waals surface area contributed by atoms with E-state index in [1.54, 1.807) is 0 Å². The molecular formula is C18H17BrO2. The number of carbonyl (C=O) groups excluding carboxylic acids is 1. The van der Waals surface area contributed by atoms with Crippen LogP contribution in [-0.4, -0.2) is 13.1 Å². The van der Waals surface area contributed by atoms with Gasteiger partial charge in [-0.15, -0.1) is 0 Å². The molecule has 0 amide bonds. The van der Waals surface area contributed by atoms with Crippen molar-refractivity contribution in [1.82, 2.24) is 0 Å². The van der Waals surface area contributed by atoms with Crippen molar-refractivity contribution in [1.29, 1.82) is 0 Å². The van der Waals surface area contributed by atoms with Gasteiger partial charge in [-0.25, -0.2) is 0 Å². The van der Waals surface area contributed by atoms with Gasteiger partial charge in [0.1, 0.15) is 0 Å². The first-order valence-corrected chi connectivity index (χ1v) is 7.81. The summed E-state index contributed by atoms with van der Waals surface area (Å²) in [7, 11) is 1.46. The molecule has 1 aliphatic carbocycles. The number of benzene rings is 2. The SMILES string of the molecule is COC(=O)C1(c2ccc(-c3ccc(Br)c(C)c3)cc2)CC1. The van der Waals surface area contributed by atoms with Gasteiger partial charge in [-0.2, -0.15) is 0 Å². The first kappa shape index (κ1) is 14.3. The van der Waals surface area contributed by atoms with E-state index in [2.05, 4.69) is 65.3 Å². The van der Waals surface area contributed by atoms with Crippen LogP contribution in [0, 0.1) is 6.92 Å². The number of aryl methyl sites for hydroxylation is 1. The van der Waals surface area contributed by atoms with Gasteiger partial charge in [0.15, 0.2) is 0 Å². The predicted molar refractivity (Wildman–Crippen MR) is 87.2 cm³/mol. The van der Waals surface area contributed by atoms with Gasteiger partial charge in [0.25, 0.3) is 0 Å². The van der Waals surface area contributed by atoms with Crippen molar-refractivity contribution in [3.63, 3.8) is 0 Å². The molecule has 0 unspecified atom stereocenters. The van der Waals surface area contributed by atoms with Crippen LogP contribution < -0.4 is 0 Å². The second kappa shape index (κ2) is 5.30. The minimum absolute atomic E-state index is 0.116. The van der Waals surface area contributed by atoms with E-state index in [9.17, 15) is 4.79 Å². The Kier molecular flexibility index (Phi) is 3.62. The largest absolute Gasteiger partial charge is 0.468 e. The van der Waals surface area contributed by atoms with Crippen molar-refractivity contribution in [2.45, 2.75) is 25.2 Å².